The minimum absolute atomic E-state index is 0.0263. The molecule has 0 amide bonds. The van der Waals surface area contributed by atoms with E-state index in [-0.39, 0.29) is 18.3 Å². The second-order valence-corrected chi connectivity index (χ2v) is 6.21. The van der Waals surface area contributed by atoms with Gasteiger partial charge in [-0.05, 0) is 18.6 Å². The number of hydrogen-bond donors (Lipinski definition) is 0. The highest BCUT2D eigenvalue weighted by Crippen LogP contribution is 2.17. The van der Waals surface area contributed by atoms with Crippen molar-refractivity contribution in [2.45, 2.75) is 45.4 Å². The van der Waals surface area contributed by atoms with Crippen LogP contribution in [0.1, 0.15) is 45.4 Å². The zero-order valence-corrected chi connectivity index (χ0v) is 16.6. The van der Waals surface area contributed by atoms with Crippen LogP contribution in [-0.2, 0) is 19.0 Å². The van der Waals surface area contributed by atoms with Gasteiger partial charge in [0.25, 0.3) is 5.69 Å². The first-order chi connectivity index (χ1) is 13.6. The topological polar surface area (TPSA) is 97.1 Å². The lowest BCUT2D eigenvalue weighted by Crippen LogP contribution is -2.14. The van der Waals surface area contributed by atoms with E-state index >= 15 is 0 Å². The first-order valence-electron chi connectivity index (χ1n) is 9.82. The molecular weight excluding hydrogens is 366 g/mol. The van der Waals surface area contributed by atoms with Crippen LogP contribution in [0.2, 0.25) is 0 Å². The third kappa shape index (κ3) is 12.2. The fourth-order valence-electron chi connectivity index (χ4n) is 2.36. The molecule has 0 bridgehead atoms. The number of rotatable bonds is 17. The largest absolute Gasteiger partial charge is 0.491 e. The van der Waals surface area contributed by atoms with Crippen LogP contribution in [0, 0.1) is 10.1 Å². The van der Waals surface area contributed by atoms with E-state index < -0.39 is 4.92 Å². The van der Waals surface area contributed by atoms with Gasteiger partial charge in [-0.25, -0.2) is 0 Å². The van der Waals surface area contributed by atoms with Crippen molar-refractivity contribution in [3.8, 4) is 5.75 Å². The zero-order chi connectivity index (χ0) is 20.5. The normalized spacial score (nSPS) is 10.6. The van der Waals surface area contributed by atoms with Crippen LogP contribution in [-0.4, -0.2) is 50.5 Å². The summed E-state index contributed by atoms with van der Waals surface area (Å²) in [5.74, 6) is 0.386. The summed E-state index contributed by atoms with van der Waals surface area (Å²) < 4.78 is 21.2. The minimum Gasteiger partial charge on any atom is -0.491 e. The SMILES string of the molecule is CCCCCCCC(=O)OCCOCCOCCOc1ccc([N+](=O)[O-])cc1. The summed E-state index contributed by atoms with van der Waals surface area (Å²) in [6, 6.07) is 5.88. The lowest BCUT2D eigenvalue weighted by Gasteiger charge is -2.08. The Morgan fingerprint density at radius 3 is 2.14 bits per heavy atom. The van der Waals surface area contributed by atoms with E-state index in [1.807, 2.05) is 0 Å². The average molecular weight is 397 g/mol. The molecule has 0 aliphatic rings. The van der Waals surface area contributed by atoms with Gasteiger partial charge >= 0.3 is 5.97 Å². The second-order valence-electron chi connectivity index (χ2n) is 6.21. The average Bonchev–Trinajstić information content (AvgIpc) is 2.69. The molecule has 1 aromatic rings. The van der Waals surface area contributed by atoms with Crippen LogP contribution in [0.25, 0.3) is 0 Å². The molecule has 0 atom stereocenters. The Hall–Kier alpha value is -2.19. The molecule has 0 heterocycles. The predicted molar refractivity (Wildman–Crippen MR) is 105 cm³/mol. The van der Waals surface area contributed by atoms with Crippen molar-refractivity contribution in [2.75, 3.05) is 39.6 Å². The molecule has 0 saturated heterocycles. The predicted octanol–water partition coefficient (Wildman–Crippen LogP) is 3.91. The number of carbonyl (C=O) groups is 1. The van der Waals surface area contributed by atoms with Crippen molar-refractivity contribution in [3.63, 3.8) is 0 Å². The van der Waals surface area contributed by atoms with Gasteiger partial charge in [-0.1, -0.05) is 32.6 Å². The van der Waals surface area contributed by atoms with Crippen LogP contribution < -0.4 is 4.74 Å². The summed E-state index contributed by atoms with van der Waals surface area (Å²) in [5, 5.41) is 10.6. The second kappa shape index (κ2) is 15.8. The van der Waals surface area contributed by atoms with E-state index in [1.165, 1.54) is 31.4 Å². The molecule has 0 N–H and O–H groups in total. The van der Waals surface area contributed by atoms with Gasteiger partial charge in [0.15, 0.2) is 0 Å². The van der Waals surface area contributed by atoms with Crippen molar-refractivity contribution in [3.05, 3.63) is 34.4 Å². The van der Waals surface area contributed by atoms with Crippen molar-refractivity contribution >= 4 is 11.7 Å². The number of nitro groups is 1. The van der Waals surface area contributed by atoms with Gasteiger partial charge in [-0.15, -0.1) is 0 Å². The number of nitrogens with zero attached hydrogens (tertiary/aromatic N) is 1. The maximum atomic E-state index is 11.5. The highest BCUT2D eigenvalue weighted by molar-refractivity contribution is 5.69. The Balaban J connectivity index is 1.87. The van der Waals surface area contributed by atoms with Crippen molar-refractivity contribution in [1.82, 2.24) is 0 Å². The monoisotopic (exact) mass is 397 g/mol. The van der Waals surface area contributed by atoms with E-state index in [4.69, 9.17) is 18.9 Å². The molecule has 0 saturated carbocycles. The Bertz CT molecular complexity index is 548. The van der Waals surface area contributed by atoms with Crippen molar-refractivity contribution in [2.24, 2.45) is 0 Å². The van der Waals surface area contributed by atoms with Gasteiger partial charge in [0.2, 0.25) is 0 Å². The van der Waals surface area contributed by atoms with Crippen molar-refractivity contribution in [1.29, 1.82) is 0 Å². The van der Waals surface area contributed by atoms with Crippen molar-refractivity contribution < 1.29 is 28.7 Å². The summed E-state index contributed by atoms with van der Waals surface area (Å²) in [7, 11) is 0. The zero-order valence-electron chi connectivity index (χ0n) is 16.6. The van der Waals surface area contributed by atoms with Crippen LogP contribution in [0.4, 0.5) is 5.69 Å². The number of esters is 1. The van der Waals surface area contributed by atoms with Gasteiger partial charge < -0.3 is 18.9 Å². The Kier molecular flexibility index (Phi) is 13.5. The molecule has 0 aliphatic heterocycles. The molecule has 1 rings (SSSR count). The van der Waals surface area contributed by atoms with Crippen LogP contribution in [0.3, 0.4) is 0 Å². The number of nitro benzene ring substituents is 1. The first-order valence-corrected chi connectivity index (χ1v) is 9.82. The molecule has 0 fully saturated rings. The van der Waals surface area contributed by atoms with Gasteiger partial charge in [0.1, 0.15) is 19.0 Å². The van der Waals surface area contributed by atoms with E-state index in [0.717, 1.165) is 12.8 Å². The fourth-order valence-corrected chi connectivity index (χ4v) is 2.36. The van der Waals surface area contributed by atoms with Crippen LogP contribution in [0.15, 0.2) is 24.3 Å². The van der Waals surface area contributed by atoms with Crippen LogP contribution >= 0.6 is 0 Å². The number of unbranched alkanes of at least 4 members (excludes halogenated alkanes) is 4. The number of benzene rings is 1. The summed E-state index contributed by atoms with van der Waals surface area (Å²) in [4.78, 5) is 21.6. The van der Waals surface area contributed by atoms with Gasteiger partial charge in [-0.2, -0.15) is 0 Å². The highest BCUT2D eigenvalue weighted by atomic mass is 16.6. The third-order valence-electron chi connectivity index (χ3n) is 3.89. The third-order valence-corrected chi connectivity index (χ3v) is 3.89. The highest BCUT2D eigenvalue weighted by Gasteiger charge is 2.04. The number of non-ortho nitro benzene ring substituents is 1. The van der Waals surface area contributed by atoms with Gasteiger partial charge in [0.05, 0.1) is 31.4 Å². The van der Waals surface area contributed by atoms with Crippen LogP contribution in [0.5, 0.6) is 5.75 Å². The molecule has 0 unspecified atom stereocenters. The number of carbonyl (C=O) groups excluding carboxylic acids is 1. The maximum absolute atomic E-state index is 11.5. The van der Waals surface area contributed by atoms with Gasteiger partial charge in [-0.3, -0.25) is 14.9 Å². The minimum atomic E-state index is -0.456. The molecule has 1 aromatic carbocycles. The number of hydrogen-bond acceptors (Lipinski definition) is 7. The molecule has 158 valence electrons. The Labute approximate surface area is 166 Å². The fraction of sp³-hybridized carbons (Fsp3) is 0.650. The number of ether oxygens (including phenoxy) is 4. The molecule has 0 spiro atoms. The maximum Gasteiger partial charge on any atom is 0.305 e. The Morgan fingerprint density at radius 2 is 1.50 bits per heavy atom. The Morgan fingerprint density at radius 1 is 0.893 bits per heavy atom. The van der Waals surface area contributed by atoms with E-state index in [0.29, 0.717) is 45.2 Å². The summed E-state index contributed by atoms with van der Waals surface area (Å²) in [6.07, 6.45) is 6.01. The molecular formula is C20H31NO7. The lowest BCUT2D eigenvalue weighted by atomic mass is 10.1. The lowest BCUT2D eigenvalue weighted by molar-refractivity contribution is -0.384. The summed E-state index contributed by atoms with van der Waals surface area (Å²) in [5.41, 5.74) is 0.0263. The van der Waals surface area contributed by atoms with E-state index in [1.54, 1.807) is 12.1 Å². The van der Waals surface area contributed by atoms with E-state index in [2.05, 4.69) is 6.92 Å². The summed E-state index contributed by atoms with van der Waals surface area (Å²) in [6.45, 7) is 4.32. The molecule has 8 heteroatoms. The molecule has 0 aromatic heterocycles. The summed E-state index contributed by atoms with van der Waals surface area (Å²) >= 11 is 0. The molecule has 0 aliphatic carbocycles. The first kappa shape index (κ1) is 23.8. The molecule has 8 nitrogen and oxygen atoms in total. The smallest absolute Gasteiger partial charge is 0.305 e. The molecule has 28 heavy (non-hydrogen) atoms. The van der Waals surface area contributed by atoms with E-state index in [9.17, 15) is 14.9 Å². The standard InChI is InChI=1S/C20H31NO7/c1-2-3-4-5-6-7-20(22)28-17-15-26-13-12-25-14-16-27-19-10-8-18(9-11-19)21(23)24/h8-11H,2-7,12-17H2,1H3. The quantitative estimate of drug-likeness (QED) is 0.170. The van der Waals surface area contributed by atoms with Gasteiger partial charge in [0, 0.05) is 18.6 Å². The molecule has 0 radical (unpaired) electrons.